The molecule has 7 atom stereocenters. The summed E-state index contributed by atoms with van der Waals surface area (Å²) in [5.41, 5.74) is 2.97. The van der Waals surface area contributed by atoms with Gasteiger partial charge in [0.1, 0.15) is 36.1 Å². The average Bonchev–Trinajstić information content (AvgIpc) is 3.87. The quantitative estimate of drug-likeness (QED) is 0.0197. The van der Waals surface area contributed by atoms with E-state index in [4.69, 9.17) is 14.4 Å². The molecule has 3 aliphatic rings. The molecular weight excluding hydrogens is 990 g/mol. The number of carbonyl (C=O) groups is 2. The van der Waals surface area contributed by atoms with E-state index in [1.807, 2.05) is 0 Å². The maximum Gasteiger partial charge on any atom is 1.00 e. The van der Waals surface area contributed by atoms with E-state index >= 15 is 0 Å². The van der Waals surface area contributed by atoms with Gasteiger partial charge in [-0.15, -0.1) is 0 Å². The molecule has 1 amide bonds. The fourth-order valence-corrected chi connectivity index (χ4v) is 11.0. The third-order valence-electron chi connectivity index (χ3n) is 10.9. The van der Waals surface area contributed by atoms with E-state index < -0.39 is 66.2 Å². The number of aromatic nitrogens is 4. The smallest absolute Gasteiger partial charge is 0.756 e. The number of aliphatic hydroxyl groups is 2. The molecule has 0 saturated carbocycles. The number of carbonyl (C=O) groups excluding carboxylic acids is 2. The van der Waals surface area contributed by atoms with Crippen molar-refractivity contribution in [2.45, 2.75) is 62.2 Å². The summed E-state index contributed by atoms with van der Waals surface area (Å²) in [6.45, 7) is -0.281. The molecule has 0 radical (unpaired) electrons. The average molecular weight is 1030 g/mol. The molecule has 1 aliphatic carbocycles. The normalized spacial score (nSPS) is 21.3. The second-order valence-electron chi connectivity index (χ2n) is 15.2. The molecule has 7 N–H and O–H groups in total. The van der Waals surface area contributed by atoms with Crippen molar-refractivity contribution in [1.29, 1.82) is 0 Å². The number of phenols is 2. The first-order valence-electron chi connectivity index (χ1n) is 19.7. The molecule has 2 aromatic heterocycles. The number of phosphoric ester groups is 1. The van der Waals surface area contributed by atoms with Gasteiger partial charge in [0.2, 0.25) is 0 Å². The van der Waals surface area contributed by atoms with Crippen molar-refractivity contribution < 1.29 is 175 Å². The Hall–Kier alpha value is -2.16. The number of aliphatic hydroxyl groups excluding tert-OH is 2. The van der Waals surface area contributed by atoms with Crippen LogP contribution in [0.3, 0.4) is 0 Å². The number of hydrogen-bond acceptors (Lipinski definition) is 21. The zero-order valence-electron chi connectivity index (χ0n) is 36.5. The van der Waals surface area contributed by atoms with Gasteiger partial charge in [0.25, 0.3) is 29.4 Å². The Morgan fingerprint density at radius 3 is 2.10 bits per heavy atom. The number of imidazole rings is 1. The Balaban J connectivity index is 0.00000288. The van der Waals surface area contributed by atoms with Crippen LogP contribution in [0.2, 0.25) is 0 Å². The van der Waals surface area contributed by atoms with Crippen molar-refractivity contribution >= 4 is 52.3 Å². The van der Waals surface area contributed by atoms with Crippen LogP contribution in [0.15, 0.2) is 67.3 Å². The van der Waals surface area contributed by atoms with Crippen LogP contribution in [0.4, 0.5) is 5.82 Å². The van der Waals surface area contributed by atoms with Gasteiger partial charge < -0.3 is 64.6 Å². The van der Waals surface area contributed by atoms with Crippen LogP contribution in [-0.2, 0) is 48.3 Å². The summed E-state index contributed by atoms with van der Waals surface area (Å²) in [5, 5.41) is 47.7. The van der Waals surface area contributed by atoms with Crippen molar-refractivity contribution in [2.24, 2.45) is 0 Å². The molecule has 68 heavy (non-hydrogen) atoms. The van der Waals surface area contributed by atoms with Crippen LogP contribution >= 0.6 is 23.5 Å². The number of unbranched alkanes of at least 4 members (excludes halogenated alkanes) is 3. The molecule has 346 valence electrons. The number of aromatic hydroxyl groups is 2. The van der Waals surface area contributed by atoms with Crippen molar-refractivity contribution in [3.05, 3.63) is 106 Å². The van der Waals surface area contributed by atoms with Gasteiger partial charge >= 0.3 is 94.6 Å². The second-order valence-corrected chi connectivity index (χ2v) is 19.5. The van der Waals surface area contributed by atoms with Crippen LogP contribution in [0, 0.1) is 0 Å². The minimum atomic E-state index is -6.15. The summed E-state index contributed by atoms with van der Waals surface area (Å²) in [6, 6.07) is 14.6. The fourth-order valence-electron chi connectivity index (χ4n) is 8.13. The SMILES string of the molecule is O=C(NCCCCCCNc1ncnc2c1ncn2[C@@H]1O[C@H](COP(=O)([O-])OP(=O)([O-])OP(=O)([O-])O)[C@@H](O)[C@H]1O)c1ccc2c(c1)C(=O)OC21c2ccc(O)cc2Cc2cc(O)ccc21.[Na+].[Na+].[Na+]. The number of ether oxygens (including phenoxy) is 2. The number of nitrogens with zero attached hydrogens (tertiary/aromatic N) is 4. The van der Waals surface area contributed by atoms with Gasteiger partial charge in [-0.3, -0.25) is 23.1 Å². The topological polar surface area (TPSA) is 369 Å². The van der Waals surface area contributed by atoms with Gasteiger partial charge in [0, 0.05) is 35.3 Å². The number of fused-ring (bicyclic) bond motifs is 7. The summed E-state index contributed by atoms with van der Waals surface area (Å²) < 4.78 is 58.2. The first-order valence-corrected chi connectivity index (χ1v) is 24.1. The van der Waals surface area contributed by atoms with Crippen LogP contribution in [0.5, 0.6) is 11.5 Å². The first kappa shape index (κ1) is 56.8. The van der Waals surface area contributed by atoms with E-state index in [-0.39, 0.29) is 128 Å². The zero-order valence-corrected chi connectivity index (χ0v) is 45.2. The predicted octanol–water partition coefficient (Wildman–Crippen LogP) is -7.92. The molecule has 30 heteroatoms. The van der Waals surface area contributed by atoms with E-state index in [2.05, 4.69) is 38.7 Å². The number of amides is 1. The predicted molar refractivity (Wildman–Crippen MR) is 214 cm³/mol. The molecule has 1 fully saturated rings. The van der Waals surface area contributed by atoms with Crippen LogP contribution in [0.25, 0.3) is 11.2 Å². The summed E-state index contributed by atoms with van der Waals surface area (Å²) in [6.07, 6.45) is -0.774. The number of phosphoric acid groups is 3. The van der Waals surface area contributed by atoms with Gasteiger partial charge in [-0.1, -0.05) is 31.0 Å². The van der Waals surface area contributed by atoms with E-state index in [0.29, 0.717) is 54.9 Å². The molecule has 5 aromatic rings. The number of esters is 1. The summed E-state index contributed by atoms with van der Waals surface area (Å²) in [4.78, 5) is 81.9. The Bertz CT molecular complexity index is 2790. The molecule has 3 aromatic carbocycles. The number of benzene rings is 3. The van der Waals surface area contributed by atoms with Crippen LogP contribution < -0.4 is 114 Å². The molecule has 0 bridgehead atoms. The maximum absolute atomic E-state index is 13.5. The third kappa shape index (κ3) is 12.2. The standard InChI is InChI=1S/C38H41N6O18P3.3Na/c45-23-6-9-26-21(14-23)13-22-15-24(46)7-10-27(22)38(26)28-8-5-20(16-25(28)37(50)60-38)35(49)40-12-4-2-1-3-11-39-33-30-34(42-18-41-33)44(19-43-30)36-32(48)31(47)29(59-36)17-58-64(54,55)62-65(56,57)61-63(51,52)53;;;/h5-10,14-16,18-19,29,31-32,36,45-48H,1-4,11-13,17H2,(H,40,49)(H,54,55)(H,56,57)(H,39,41,42)(H2,51,52,53);;;/q;3*+1/p-3/t29-,31-,32-,36-;;;/m1.../s1. The van der Waals surface area contributed by atoms with Crippen molar-refractivity contribution in [2.75, 3.05) is 25.0 Å². The second kappa shape index (κ2) is 22.7. The Morgan fingerprint density at radius 1 is 0.824 bits per heavy atom. The van der Waals surface area contributed by atoms with Gasteiger partial charge in [0.15, 0.2) is 28.8 Å². The van der Waals surface area contributed by atoms with E-state index in [0.717, 1.165) is 24.0 Å². The number of phenolic OH excluding ortho intramolecular Hbond substituents is 2. The third-order valence-corrected chi connectivity index (χ3v) is 14.6. The van der Waals surface area contributed by atoms with Crippen molar-refractivity contribution in [3.8, 4) is 11.5 Å². The zero-order chi connectivity index (χ0) is 46.5. The monoisotopic (exact) mass is 1030 g/mol. The Morgan fingerprint density at radius 2 is 1.46 bits per heavy atom. The van der Waals surface area contributed by atoms with Crippen molar-refractivity contribution in [1.82, 2.24) is 24.8 Å². The summed E-state index contributed by atoms with van der Waals surface area (Å²) in [7, 11) is -18.0. The first-order chi connectivity index (χ1) is 30.7. The molecular formula is C38H38N6Na3O18P3. The van der Waals surface area contributed by atoms with Gasteiger partial charge in [-0.05, 0) is 66.8 Å². The van der Waals surface area contributed by atoms with Gasteiger partial charge in [-0.25, -0.2) is 28.4 Å². The maximum atomic E-state index is 13.5. The largest absolute Gasteiger partial charge is 1.00 e. The molecule has 1 spiro atoms. The van der Waals surface area contributed by atoms with Crippen LogP contribution in [0.1, 0.15) is 80.4 Å². The van der Waals surface area contributed by atoms with E-state index in [1.165, 1.54) is 35.4 Å². The minimum absolute atomic E-state index is 0. The Kier molecular flexibility index (Phi) is 19.0. The Labute approximate surface area is 452 Å². The van der Waals surface area contributed by atoms with Crippen molar-refractivity contribution in [3.63, 3.8) is 0 Å². The van der Waals surface area contributed by atoms with Gasteiger partial charge in [-0.2, -0.15) is 0 Å². The molecule has 8 rings (SSSR count). The number of hydrogen-bond donors (Lipinski definition) is 7. The molecule has 3 unspecified atom stereocenters. The number of nitrogens with one attached hydrogen (secondary N) is 2. The summed E-state index contributed by atoms with van der Waals surface area (Å²) in [5.74, 6) is -0.548. The molecule has 24 nitrogen and oxygen atoms in total. The van der Waals surface area contributed by atoms with Gasteiger partial charge in [0.05, 0.1) is 18.5 Å². The minimum Gasteiger partial charge on any atom is -0.756 e. The van der Waals surface area contributed by atoms with E-state index in [9.17, 15) is 58.4 Å². The molecule has 2 aliphatic heterocycles. The van der Waals surface area contributed by atoms with E-state index in [1.54, 1.807) is 36.4 Å². The fraction of sp³-hybridized carbons (Fsp3) is 0.342. The number of anilines is 1. The van der Waals surface area contributed by atoms with Crippen LogP contribution in [-0.4, -0.2) is 94.7 Å². The summed E-state index contributed by atoms with van der Waals surface area (Å²) >= 11 is 0. The molecule has 1 saturated heterocycles. The number of rotatable bonds is 17. The molecule has 4 heterocycles.